The van der Waals surface area contributed by atoms with Crippen LogP contribution >= 0.6 is 0 Å². The van der Waals surface area contributed by atoms with E-state index in [9.17, 15) is 18.0 Å². The Morgan fingerprint density at radius 3 is 2.45 bits per heavy atom. The Kier molecular flexibility index (Phi) is 5.57. The third-order valence-corrected chi connectivity index (χ3v) is 3.11. The fraction of sp³-hybridized carbons (Fsp3) is 0.333. The van der Waals surface area contributed by atoms with Gasteiger partial charge in [-0.05, 0) is 25.1 Å². The summed E-state index contributed by atoms with van der Waals surface area (Å²) in [6.07, 6.45) is 1.01. The highest BCUT2D eigenvalue weighted by Crippen LogP contribution is 2.28. The Balaban J connectivity index is 2.94. The molecule has 3 amide bonds. The summed E-state index contributed by atoms with van der Waals surface area (Å²) in [4.78, 5) is 22.2. The molecule has 0 aliphatic carbocycles. The summed E-state index contributed by atoms with van der Waals surface area (Å²) in [7, 11) is -2.08. The number of carbonyl (C=O) groups is 2. The summed E-state index contributed by atoms with van der Waals surface area (Å²) in [5, 5.41) is 4.75. The maximum atomic E-state index is 11.6. The van der Waals surface area contributed by atoms with E-state index in [1.807, 2.05) is 5.32 Å². The van der Waals surface area contributed by atoms with Crippen molar-refractivity contribution in [3.63, 3.8) is 0 Å². The van der Waals surface area contributed by atoms with Crippen LogP contribution in [0.3, 0.4) is 0 Å². The molecule has 0 radical (unpaired) electrons. The van der Waals surface area contributed by atoms with Crippen LogP contribution in [0.25, 0.3) is 0 Å². The first-order valence-electron chi connectivity index (χ1n) is 6.15. The molecule has 1 aromatic carbocycles. The first-order chi connectivity index (χ1) is 10.1. The van der Waals surface area contributed by atoms with Gasteiger partial charge in [-0.25, -0.2) is 13.2 Å². The number of nitrogens with one attached hydrogen (secondary N) is 3. The smallest absolute Gasteiger partial charge is 0.318 e. The third-order valence-electron chi connectivity index (χ3n) is 2.52. The number of rotatable bonds is 6. The van der Waals surface area contributed by atoms with Crippen LogP contribution < -0.4 is 25.8 Å². The molecule has 5 N–H and O–H groups in total. The minimum atomic E-state index is -3.49. The number of hydrogen-bond donors (Lipinski definition) is 4. The van der Waals surface area contributed by atoms with Crippen molar-refractivity contribution in [1.29, 1.82) is 0 Å². The van der Waals surface area contributed by atoms with Gasteiger partial charge >= 0.3 is 6.03 Å². The van der Waals surface area contributed by atoms with Crippen molar-refractivity contribution in [3.8, 4) is 5.75 Å². The topological polar surface area (TPSA) is 140 Å². The van der Waals surface area contributed by atoms with Gasteiger partial charge in [0.2, 0.25) is 15.9 Å². The molecule has 0 fully saturated rings. The van der Waals surface area contributed by atoms with Crippen molar-refractivity contribution in [2.24, 2.45) is 5.73 Å². The van der Waals surface area contributed by atoms with Gasteiger partial charge in [0.25, 0.3) is 0 Å². The maximum Gasteiger partial charge on any atom is 0.318 e. The van der Waals surface area contributed by atoms with Gasteiger partial charge in [-0.3, -0.25) is 14.8 Å². The molecular weight excluding hydrogens is 312 g/mol. The number of urea groups is 1. The Bertz CT molecular complexity index is 674. The molecule has 22 heavy (non-hydrogen) atoms. The number of ether oxygens (including phenoxy) is 1. The van der Waals surface area contributed by atoms with Gasteiger partial charge in [-0.1, -0.05) is 0 Å². The summed E-state index contributed by atoms with van der Waals surface area (Å²) < 4.78 is 30.0. The van der Waals surface area contributed by atoms with Crippen LogP contribution in [-0.4, -0.2) is 39.8 Å². The number of nitrogens with two attached hydrogens (primary N) is 1. The molecule has 0 unspecified atom stereocenters. The average Bonchev–Trinajstić information content (AvgIpc) is 2.36. The summed E-state index contributed by atoms with van der Waals surface area (Å²) in [6.45, 7) is 1.52. The number of amides is 3. The monoisotopic (exact) mass is 330 g/mol. The lowest BCUT2D eigenvalue weighted by Crippen LogP contribution is -2.43. The van der Waals surface area contributed by atoms with E-state index >= 15 is 0 Å². The molecule has 0 saturated carbocycles. The van der Waals surface area contributed by atoms with Gasteiger partial charge in [-0.15, -0.1) is 0 Å². The zero-order valence-electron chi connectivity index (χ0n) is 12.3. The first-order valence-corrected chi connectivity index (χ1v) is 8.04. The zero-order chi connectivity index (χ0) is 16.9. The summed E-state index contributed by atoms with van der Waals surface area (Å²) >= 11 is 0. The molecule has 0 aliphatic rings. The largest absolute Gasteiger partial charge is 0.495 e. The predicted octanol–water partition coefficient (Wildman–Crippen LogP) is 0.0620. The van der Waals surface area contributed by atoms with Crippen LogP contribution in [0.2, 0.25) is 0 Å². The molecule has 0 aromatic heterocycles. The van der Waals surface area contributed by atoms with Crippen LogP contribution in [0.5, 0.6) is 5.75 Å². The SMILES string of the molecule is COc1ccc(N[C@@H](C)C(=O)NC(N)=O)cc1NS(C)(=O)=O. The van der Waals surface area contributed by atoms with E-state index in [0.29, 0.717) is 11.4 Å². The molecule has 0 spiro atoms. The van der Waals surface area contributed by atoms with Gasteiger partial charge in [0.1, 0.15) is 11.8 Å². The molecule has 0 bridgehead atoms. The molecule has 0 heterocycles. The van der Waals surface area contributed by atoms with Crippen LogP contribution in [-0.2, 0) is 14.8 Å². The lowest BCUT2D eigenvalue weighted by Gasteiger charge is -2.16. The van der Waals surface area contributed by atoms with E-state index in [1.54, 1.807) is 6.07 Å². The van der Waals surface area contributed by atoms with E-state index in [4.69, 9.17) is 10.5 Å². The second kappa shape index (κ2) is 6.98. The number of imide groups is 1. The maximum absolute atomic E-state index is 11.6. The molecular formula is C12H18N4O5S. The van der Waals surface area contributed by atoms with E-state index < -0.39 is 28.0 Å². The van der Waals surface area contributed by atoms with E-state index in [1.165, 1.54) is 26.2 Å². The normalized spacial score (nSPS) is 12.1. The first kappa shape index (κ1) is 17.6. The fourth-order valence-corrected chi connectivity index (χ4v) is 2.18. The quantitative estimate of drug-likeness (QED) is 0.581. The van der Waals surface area contributed by atoms with E-state index in [2.05, 4.69) is 10.0 Å². The van der Waals surface area contributed by atoms with Gasteiger partial charge in [0.05, 0.1) is 19.1 Å². The number of anilines is 2. The van der Waals surface area contributed by atoms with Crippen LogP contribution in [0.15, 0.2) is 18.2 Å². The third kappa shape index (κ3) is 5.48. The average molecular weight is 330 g/mol. The second-order valence-electron chi connectivity index (χ2n) is 4.51. The number of methoxy groups -OCH3 is 1. The molecule has 1 aromatic rings. The van der Waals surface area contributed by atoms with Crippen LogP contribution in [0.1, 0.15) is 6.92 Å². The van der Waals surface area contributed by atoms with Crippen molar-refractivity contribution >= 4 is 33.3 Å². The van der Waals surface area contributed by atoms with Crippen LogP contribution in [0, 0.1) is 0 Å². The second-order valence-corrected chi connectivity index (χ2v) is 6.26. The number of carbonyl (C=O) groups excluding carboxylic acids is 2. The zero-order valence-corrected chi connectivity index (χ0v) is 13.2. The van der Waals surface area contributed by atoms with Crippen molar-refractivity contribution in [2.45, 2.75) is 13.0 Å². The van der Waals surface area contributed by atoms with Crippen molar-refractivity contribution < 1.29 is 22.7 Å². The molecule has 0 aliphatic heterocycles. The minimum Gasteiger partial charge on any atom is -0.495 e. The number of sulfonamides is 1. The number of primary amides is 1. The summed E-state index contributed by atoms with van der Waals surface area (Å²) in [6, 6.07) is 2.89. The fourth-order valence-electron chi connectivity index (χ4n) is 1.62. The van der Waals surface area contributed by atoms with E-state index in [-0.39, 0.29) is 5.69 Å². The summed E-state index contributed by atoms with van der Waals surface area (Å²) in [5.41, 5.74) is 5.54. The lowest BCUT2D eigenvalue weighted by atomic mass is 10.2. The number of benzene rings is 1. The van der Waals surface area contributed by atoms with E-state index in [0.717, 1.165) is 6.26 Å². The van der Waals surface area contributed by atoms with Crippen molar-refractivity contribution in [1.82, 2.24) is 5.32 Å². The molecule has 1 rings (SSSR count). The lowest BCUT2D eigenvalue weighted by molar-refractivity contribution is -0.120. The van der Waals surface area contributed by atoms with Crippen molar-refractivity contribution in [2.75, 3.05) is 23.4 Å². The molecule has 1 atom stereocenters. The van der Waals surface area contributed by atoms with Gasteiger partial charge < -0.3 is 15.8 Å². The van der Waals surface area contributed by atoms with Crippen LogP contribution in [0.4, 0.5) is 16.2 Å². The number of hydrogen-bond acceptors (Lipinski definition) is 6. The molecule has 122 valence electrons. The highest BCUT2D eigenvalue weighted by Gasteiger charge is 2.15. The minimum absolute atomic E-state index is 0.220. The standard InChI is InChI=1S/C12H18N4O5S/c1-7(11(17)15-12(13)18)14-8-4-5-10(21-2)9(6-8)16-22(3,19)20/h4-7,14,16H,1-3H3,(H3,13,15,17,18)/t7-/m0/s1. The van der Waals surface area contributed by atoms with Gasteiger partial charge in [0, 0.05) is 5.69 Å². The summed E-state index contributed by atoms with van der Waals surface area (Å²) in [5.74, 6) is -0.286. The Hall–Kier alpha value is -2.49. The highest BCUT2D eigenvalue weighted by molar-refractivity contribution is 7.92. The Morgan fingerprint density at radius 1 is 1.32 bits per heavy atom. The Labute approximate surface area is 128 Å². The van der Waals surface area contributed by atoms with Gasteiger partial charge in [0.15, 0.2) is 0 Å². The molecule has 10 heteroatoms. The van der Waals surface area contributed by atoms with Gasteiger partial charge in [-0.2, -0.15) is 0 Å². The highest BCUT2D eigenvalue weighted by atomic mass is 32.2. The molecule has 9 nitrogen and oxygen atoms in total. The molecule has 0 saturated heterocycles. The Morgan fingerprint density at radius 2 is 1.95 bits per heavy atom. The van der Waals surface area contributed by atoms with Crippen molar-refractivity contribution in [3.05, 3.63) is 18.2 Å². The predicted molar refractivity (Wildman–Crippen MR) is 82.3 cm³/mol.